The monoisotopic (exact) mass is 387 g/mol. The van der Waals surface area contributed by atoms with E-state index in [1.54, 1.807) is 36.4 Å². The van der Waals surface area contributed by atoms with E-state index in [0.29, 0.717) is 29.2 Å². The SMILES string of the molecule is Cc1c(OCc2ccc(C#N)cc2)ccc2c1OC(c1ccc(F)cc1)CC2=O. The van der Waals surface area contributed by atoms with Crippen LogP contribution in [-0.4, -0.2) is 5.78 Å². The molecule has 29 heavy (non-hydrogen) atoms. The Bertz CT molecular complexity index is 1100. The smallest absolute Gasteiger partial charge is 0.170 e. The lowest BCUT2D eigenvalue weighted by Crippen LogP contribution is -2.21. The van der Waals surface area contributed by atoms with Crippen molar-refractivity contribution in [1.29, 1.82) is 5.26 Å². The Morgan fingerprint density at radius 3 is 2.52 bits per heavy atom. The summed E-state index contributed by atoms with van der Waals surface area (Å²) in [6.45, 7) is 2.19. The third kappa shape index (κ3) is 3.83. The van der Waals surface area contributed by atoms with Crippen LogP contribution in [0.2, 0.25) is 0 Å². The quantitative estimate of drug-likeness (QED) is 0.610. The molecule has 3 aromatic carbocycles. The van der Waals surface area contributed by atoms with Gasteiger partial charge < -0.3 is 9.47 Å². The second kappa shape index (κ2) is 7.76. The van der Waals surface area contributed by atoms with Gasteiger partial charge in [0.05, 0.1) is 23.6 Å². The fraction of sp³-hybridized carbons (Fsp3) is 0.167. The molecule has 5 heteroatoms. The van der Waals surface area contributed by atoms with Crippen LogP contribution >= 0.6 is 0 Å². The predicted molar refractivity (Wildman–Crippen MR) is 105 cm³/mol. The zero-order valence-corrected chi connectivity index (χ0v) is 15.8. The Labute approximate surface area is 168 Å². The summed E-state index contributed by atoms with van der Waals surface area (Å²) in [6, 6.07) is 18.8. The van der Waals surface area contributed by atoms with Crippen molar-refractivity contribution in [2.75, 3.05) is 0 Å². The van der Waals surface area contributed by atoms with Crippen molar-refractivity contribution in [2.24, 2.45) is 0 Å². The minimum absolute atomic E-state index is 0.0117. The number of carbonyl (C=O) groups is 1. The summed E-state index contributed by atoms with van der Waals surface area (Å²) < 4.78 is 25.3. The summed E-state index contributed by atoms with van der Waals surface area (Å²) in [6.07, 6.45) is -0.244. The van der Waals surface area contributed by atoms with Crippen LogP contribution < -0.4 is 9.47 Å². The fourth-order valence-corrected chi connectivity index (χ4v) is 3.36. The van der Waals surface area contributed by atoms with Gasteiger partial charge in [0.15, 0.2) is 5.78 Å². The molecule has 1 aliphatic rings. The van der Waals surface area contributed by atoms with Gasteiger partial charge in [0.2, 0.25) is 0 Å². The molecular weight excluding hydrogens is 369 g/mol. The highest BCUT2D eigenvalue weighted by molar-refractivity contribution is 6.00. The Kier molecular flexibility index (Phi) is 5.01. The maximum absolute atomic E-state index is 13.2. The van der Waals surface area contributed by atoms with Gasteiger partial charge >= 0.3 is 0 Å². The van der Waals surface area contributed by atoms with Crippen molar-refractivity contribution >= 4 is 5.78 Å². The standard InChI is InChI=1S/C24H18FNO3/c1-15-22(28-14-17-4-2-16(13-26)3-5-17)11-10-20-21(27)12-23(29-24(15)20)18-6-8-19(25)9-7-18/h2-11,23H,12,14H2,1H3. The molecule has 4 nitrogen and oxygen atoms in total. The van der Waals surface area contributed by atoms with Crippen molar-refractivity contribution in [3.05, 3.63) is 94.3 Å². The van der Waals surface area contributed by atoms with Crippen LogP contribution in [-0.2, 0) is 6.61 Å². The Morgan fingerprint density at radius 2 is 1.83 bits per heavy atom. The van der Waals surface area contributed by atoms with Crippen LogP contribution in [0.4, 0.5) is 4.39 Å². The van der Waals surface area contributed by atoms with Gasteiger partial charge in [0, 0.05) is 5.56 Å². The van der Waals surface area contributed by atoms with E-state index >= 15 is 0 Å². The first-order chi connectivity index (χ1) is 14.0. The van der Waals surface area contributed by atoms with Crippen LogP contribution in [0.5, 0.6) is 11.5 Å². The highest BCUT2D eigenvalue weighted by Crippen LogP contribution is 2.40. The maximum Gasteiger partial charge on any atom is 0.170 e. The van der Waals surface area contributed by atoms with E-state index < -0.39 is 6.10 Å². The number of nitrogens with zero attached hydrogens (tertiary/aromatic N) is 1. The Balaban J connectivity index is 1.56. The van der Waals surface area contributed by atoms with Gasteiger partial charge in [-0.2, -0.15) is 5.26 Å². The molecule has 1 unspecified atom stereocenters. The normalized spacial score (nSPS) is 15.2. The molecule has 0 bridgehead atoms. The summed E-state index contributed by atoms with van der Waals surface area (Å²) in [5, 5.41) is 8.88. The maximum atomic E-state index is 13.2. The number of benzene rings is 3. The Morgan fingerprint density at radius 1 is 1.10 bits per heavy atom. The van der Waals surface area contributed by atoms with Crippen molar-refractivity contribution in [1.82, 2.24) is 0 Å². The van der Waals surface area contributed by atoms with Crippen LogP contribution in [0.15, 0.2) is 60.7 Å². The molecule has 3 aromatic rings. The van der Waals surface area contributed by atoms with E-state index in [2.05, 4.69) is 6.07 Å². The van der Waals surface area contributed by atoms with Crippen LogP contribution in [0.25, 0.3) is 0 Å². The van der Waals surface area contributed by atoms with E-state index in [0.717, 1.165) is 16.7 Å². The molecule has 0 fully saturated rings. The topological polar surface area (TPSA) is 59.3 Å². The molecule has 0 aliphatic carbocycles. The van der Waals surface area contributed by atoms with Crippen molar-refractivity contribution in [3.63, 3.8) is 0 Å². The molecule has 1 heterocycles. The van der Waals surface area contributed by atoms with Gasteiger partial charge in [-0.05, 0) is 54.4 Å². The van der Waals surface area contributed by atoms with E-state index in [4.69, 9.17) is 14.7 Å². The average Bonchev–Trinajstić information content (AvgIpc) is 2.74. The molecule has 144 valence electrons. The number of Topliss-reactive ketones (excluding diaryl/α,β-unsaturated/α-hetero) is 1. The third-order valence-corrected chi connectivity index (χ3v) is 5.01. The van der Waals surface area contributed by atoms with Gasteiger partial charge in [-0.15, -0.1) is 0 Å². The predicted octanol–water partition coefficient (Wildman–Crippen LogP) is 5.29. The minimum atomic E-state index is -0.455. The van der Waals surface area contributed by atoms with Crippen LogP contribution in [0.3, 0.4) is 0 Å². The lowest BCUT2D eigenvalue weighted by molar-refractivity contribution is 0.0847. The first kappa shape index (κ1) is 18.7. The third-order valence-electron chi connectivity index (χ3n) is 5.01. The minimum Gasteiger partial charge on any atom is -0.488 e. The number of nitriles is 1. The molecule has 1 aliphatic heterocycles. The lowest BCUT2D eigenvalue weighted by Gasteiger charge is -2.27. The number of hydrogen-bond acceptors (Lipinski definition) is 4. The van der Waals surface area contributed by atoms with Gasteiger partial charge in [0.25, 0.3) is 0 Å². The lowest BCUT2D eigenvalue weighted by atomic mass is 9.94. The van der Waals surface area contributed by atoms with Crippen molar-refractivity contribution < 1.29 is 18.7 Å². The fourth-order valence-electron chi connectivity index (χ4n) is 3.36. The van der Waals surface area contributed by atoms with E-state index in [-0.39, 0.29) is 18.0 Å². The number of fused-ring (bicyclic) bond motifs is 1. The summed E-state index contributed by atoms with van der Waals surface area (Å²) in [5.74, 6) is 0.793. The molecular formula is C24H18FNO3. The van der Waals surface area contributed by atoms with Crippen LogP contribution in [0, 0.1) is 24.1 Å². The van der Waals surface area contributed by atoms with Gasteiger partial charge in [-0.1, -0.05) is 24.3 Å². The average molecular weight is 387 g/mol. The molecule has 0 spiro atoms. The summed E-state index contributed by atoms with van der Waals surface area (Å²) in [7, 11) is 0. The molecule has 0 amide bonds. The number of rotatable bonds is 4. The van der Waals surface area contributed by atoms with Gasteiger partial charge in [0.1, 0.15) is 30.0 Å². The summed E-state index contributed by atoms with van der Waals surface area (Å²) in [5.41, 5.74) is 3.57. The second-order valence-electron chi connectivity index (χ2n) is 6.95. The van der Waals surface area contributed by atoms with Gasteiger partial charge in [-0.25, -0.2) is 4.39 Å². The van der Waals surface area contributed by atoms with Crippen LogP contribution in [0.1, 0.15) is 45.1 Å². The second-order valence-corrected chi connectivity index (χ2v) is 6.95. The number of ether oxygens (including phenoxy) is 2. The molecule has 1 atom stereocenters. The summed E-state index contributed by atoms with van der Waals surface area (Å²) >= 11 is 0. The zero-order valence-electron chi connectivity index (χ0n) is 15.8. The number of carbonyl (C=O) groups excluding carboxylic acids is 1. The van der Waals surface area contributed by atoms with Crippen molar-refractivity contribution in [2.45, 2.75) is 26.1 Å². The molecule has 0 saturated carbocycles. The highest BCUT2D eigenvalue weighted by atomic mass is 19.1. The molecule has 0 N–H and O–H groups in total. The first-order valence-corrected chi connectivity index (χ1v) is 9.26. The van der Waals surface area contributed by atoms with E-state index in [9.17, 15) is 9.18 Å². The number of ketones is 1. The molecule has 0 radical (unpaired) electrons. The first-order valence-electron chi connectivity index (χ1n) is 9.26. The largest absolute Gasteiger partial charge is 0.488 e. The highest BCUT2D eigenvalue weighted by Gasteiger charge is 2.30. The molecule has 0 saturated heterocycles. The Hall–Kier alpha value is -3.65. The number of hydrogen-bond donors (Lipinski definition) is 0. The zero-order chi connectivity index (χ0) is 20.4. The molecule has 4 rings (SSSR count). The van der Waals surface area contributed by atoms with E-state index in [1.807, 2.05) is 19.1 Å². The number of halogens is 1. The van der Waals surface area contributed by atoms with Gasteiger partial charge in [-0.3, -0.25) is 4.79 Å². The molecule has 0 aromatic heterocycles. The van der Waals surface area contributed by atoms with E-state index in [1.165, 1.54) is 12.1 Å². The summed E-state index contributed by atoms with van der Waals surface area (Å²) in [4.78, 5) is 12.6. The van der Waals surface area contributed by atoms with Crippen molar-refractivity contribution in [3.8, 4) is 17.6 Å².